The van der Waals surface area contributed by atoms with Crippen LogP contribution in [-0.2, 0) is 11.2 Å². The monoisotopic (exact) mass is 409 g/mol. The number of ether oxygens (including phenoxy) is 2. The van der Waals surface area contributed by atoms with Crippen LogP contribution in [0.4, 0.5) is 10.5 Å². The minimum Gasteiger partial charge on any atom is -0.493 e. The molecule has 7 nitrogen and oxygen atoms in total. The van der Waals surface area contributed by atoms with Gasteiger partial charge in [-0.25, -0.2) is 4.79 Å². The van der Waals surface area contributed by atoms with E-state index in [1.54, 1.807) is 19.1 Å². The maximum atomic E-state index is 13.0. The van der Waals surface area contributed by atoms with Crippen LogP contribution in [0.25, 0.3) is 0 Å². The summed E-state index contributed by atoms with van der Waals surface area (Å²) in [6, 6.07) is 13.1. The molecule has 0 spiro atoms. The summed E-state index contributed by atoms with van der Waals surface area (Å²) in [5.74, 6) is 1.39. The zero-order valence-electron chi connectivity index (χ0n) is 17.6. The summed E-state index contributed by atoms with van der Waals surface area (Å²) in [6.45, 7) is 3.11. The van der Waals surface area contributed by atoms with Gasteiger partial charge in [0.15, 0.2) is 11.5 Å². The van der Waals surface area contributed by atoms with Gasteiger partial charge < -0.3 is 24.6 Å². The van der Waals surface area contributed by atoms with Crippen LogP contribution in [0.3, 0.4) is 0 Å². The average Bonchev–Trinajstić information content (AvgIpc) is 3.13. The molecule has 1 fully saturated rings. The van der Waals surface area contributed by atoms with Gasteiger partial charge in [-0.2, -0.15) is 0 Å². The number of urea groups is 1. The molecule has 7 heteroatoms. The fourth-order valence-corrected chi connectivity index (χ4v) is 4.34. The lowest BCUT2D eigenvalue weighted by atomic mass is 9.93. The van der Waals surface area contributed by atoms with Crippen LogP contribution in [0.2, 0.25) is 0 Å². The van der Waals surface area contributed by atoms with Gasteiger partial charge in [0.25, 0.3) is 0 Å². The van der Waals surface area contributed by atoms with Gasteiger partial charge in [-0.15, -0.1) is 0 Å². The Kier molecular flexibility index (Phi) is 5.53. The smallest absolute Gasteiger partial charge is 0.318 e. The summed E-state index contributed by atoms with van der Waals surface area (Å²) in [7, 11) is 3.23. The average molecular weight is 409 g/mol. The number of carbonyl (C=O) groups is 2. The number of hydrogen-bond acceptors (Lipinski definition) is 4. The predicted octanol–water partition coefficient (Wildman–Crippen LogP) is 3.14. The summed E-state index contributed by atoms with van der Waals surface area (Å²) in [4.78, 5) is 29.0. The van der Waals surface area contributed by atoms with Gasteiger partial charge in [0.1, 0.15) is 0 Å². The fourth-order valence-electron chi connectivity index (χ4n) is 4.34. The van der Waals surface area contributed by atoms with Crippen molar-refractivity contribution < 1.29 is 19.1 Å². The molecule has 0 bridgehead atoms. The minimum atomic E-state index is -0.204. The minimum absolute atomic E-state index is 0.0281. The number of para-hydroxylation sites is 1. The van der Waals surface area contributed by atoms with Crippen molar-refractivity contribution in [2.75, 3.05) is 32.2 Å². The first-order chi connectivity index (χ1) is 14.5. The van der Waals surface area contributed by atoms with Crippen molar-refractivity contribution in [2.24, 2.45) is 0 Å². The molecule has 158 valence electrons. The van der Waals surface area contributed by atoms with E-state index in [2.05, 4.69) is 5.32 Å². The molecular weight excluding hydrogens is 382 g/mol. The third-order valence-corrected chi connectivity index (χ3v) is 5.97. The van der Waals surface area contributed by atoms with Crippen LogP contribution in [0.1, 0.15) is 30.5 Å². The Labute approximate surface area is 176 Å². The highest BCUT2D eigenvalue weighted by Gasteiger charge is 2.35. The predicted molar refractivity (Wildman–Crippen MR) is 114 cm³/mol. The lowest BCUT2D eigenvalue weighted by Crippen LogP contribution is -2.48. The topological polar surface area (TPSA) is 71.1 Å². The largest absolute Gasteiger partial charge is 0.493 e. The van der Waals surface area contributed by atoms with Gasteiger partial charge in [0.05, 0.1) is 26.3 Å². The molecule has 1 N–H and O–H groups in total. The normalized spacial score (nSPS) is 20.7. The van der Waals surface area contributed by atoms with E-state index in [0.29, 0.717) is 31.0 Å². The Balaban J connectivity index is 1.45. The molecule has 1 saturated heterocycles. The number of amides is 3. The summed E-state index contributed by atoms with van der Waals surface area (Å²) >= 11 is 0. The van der Waals surface area contributed by atoms with Crippen molar-refractivity contribution in [3.63, 3.8) is 0 Å². The number of nitrogens with zero attached hydrogens (tertiary/aromatic N) is 2. The third-order valence-electron chi connectivity index (χ3n) is 5.97. The molecule has 4 rings (SSSR count). The van der Waals surface area contributed by atoms with Crippen molar-refractivity contribution in [1.82, 2.24) is 10.2 Å². The van der Waals surface area contributed by atoms with Crippen LogP contribution in [-0.4, -0.2) is 50.2 Å². The Morgan fingerprint density at radius 2 is 1.80 bits per heavy atom. The van der Waals surface area contributed by atoms with Gasteiger partial charge in [-0.3, -0.25) is 4.79 Å². The number of rotatable bonds is 4. The first-order valence-electron chi connectivity index (χ1n) is 10.2. The Hall–Kier alpha value is -3.22. The molecule has 2 aliphatic heterocycles. The Morgan fingerprint density at radius 1 is 1.10 bits per heavy atom. The van der Waals surface area contributed by atoms with E-state index in [1.165, 1.54) is 0 Å². The van der Waals surface area contributed by atoms with Gasteiger partial charge in [0.2, 0.25) is 5.91 Å². The van der Waals surface area contributed by atoms with E-state index in [4.69, 9.17) is 9.47 Å². The van der Waals surface area contributed by atoms with Crippen molar-refractivity contribution in [2.45, 2.75) is 31.8 Å². The lowest BCUT2D eigenvalue weighted by Gasteiger charge is -2.36. The van der Waals surface area contributed by atoms with Crippen LogP contribution >= 0.6 is 0 Å². The number of carbonyl (C=O) groups excluding carboxylic acids is 2. The van der Waals surface area contributed by atoms with Crippen LogP contribution in [0.5, 0.6) is 11.5 Å². The molecule has 2 aromatic rings. The Morgan fingerprint density at radius 3 is 2.50 bits per heavy atom. The van der Waals surface area contributed by atoms with Gasteiger partial charge >= 0.3 is 6.03 Å². The highest BCUT2D eigenvalue weighted by atomic mass is 16.5. The van der Waals surface area contributed by atoms with Crippen LogP contribution < -0.4 is 19.7 Å². The molecule has 0 aliphatic carbocycles. The number of benzene rings is 2. The molecule has 0 aromatic heterocycles. The number of hydrogen-bond donors (Lipinski definition) is 1. The second kappa shape index (κ2) is 8.26. The van der Waals surface area contributed by atoms with Crippen molar-refractivity contribution in [3.05, 3.63) is 53.6 Å². The molecule has 30 heavy (non-hydrogen) atoms. The zero-order chi connectivity index (χ0) is 21.3. The highest BCUT2D eigenvalue weighted by Crippen LogP contribution is 2.38. The van der Waals surface area contributed by atoms with E-state index in [-0.39, 0.29) is 24.0 Å². The molecule has 2 atom stereocenters. The molecule has 3 amide bonds. The molecular formula is C23H27N3O4. The van der Waals surface area contributed by atoms with Crippen LogP contribution in [0.15, 0.2) is 42.5 Å². The summed E-state index contributed by atoms with van der Waals surface area (Å²) < 4.78 is 10.8. The van der Waals surface area contributed by atoms with Gasteiger partial charge in [-0.05, 0) is 48.7 Å². The Bertz CT molecular complexity index is 947. The van der Waals surface area contributed by atoms with Gasteiger partial charge in [-0.1, -0.05) is 18.2 Å². The summed E-state index contributed by atoms with van der Waals surface area (Å²) in [5, 5.41) is 3.06. The SMILES string of the molecule is COc1cc2c(cc1OC)[C@@H](C)N(C(=O)N[C@H]1CC(=O)N(c3ccccc3)C1)CC2. The molecule has 2 aliphatic rings. The van der Waals surface area contributed by atoms with Crippen molar-refractivity contribution >= 4 is 17.6 Å². The fraction of sp³-hybridized carbons (Fsp3) is 0.391. The molecule has 2 heterocycles. The van der Waals surface area contributed by atoms with Crippen LogP contribution in [0, 0.1) is 0 Å². The molecule has 0 saturated carbocycles. The first-order valence-corrected chi connectivity index (χ1v) is 10.2. The molecule has 2 aromatic carbocycles. The summed E-state index contributed by atoms with van der Waals surface area (Å²) in [5.41, 5.74) is 3.08. The molecule has 0 unspecified atom stereocenters. The van der Waals surface area contributed by atoms with Crippen molar-refractivity contribution in [3.8, 4) is 11.5 Å². The maximum absolute atomic E-state index is 13.0. The zero-order valence-corrected chi connectivity index (χ0v) is 17.6. The first kappa shape index (κ1) is 20.1. The summed E-state index contributed by atoms with van der Waals surface area (Å²) in [6.07, 6.45) is 1.05. The van der Waals surface area contributed by atoms with E-state index in [1.807, 2.05) is 54.3 Å². The van der Waals surface area contributed by atoms with E-state index in [0.717, 1.165) is 23.2 Å². The molecule has 0 radical (unpaired) electrons. The number of fused-ring (bicyclic) bond motifs is 1. The highest BCUT2D eigenvalue weighted by molar-refractivity contribution is 5.96. The standard InChI is InChI=1S/C23H27N3O4/c1-15-19-13-21(30-3)20(29-2)11-16(19)9-10-25(15)23(28)24-17-12-22(27)26(14-17)18-7-5-4-6-8-18/h4-8,11,13,15,17H,9-10,12,14H2,1-3H3,(H,24,28)/t15-,17+/m1/s1. The second-order valence-electron chi connectivity index (χ2n) is 7.72. The van der Waals surface area contributed by atoms with E-state index >= 15 is 0 Å². The number of anilines is 1. The number of nitrogens with one attached hydrogen (secondary N) is 1. The third kappa shape index (κ3) is 3.67. The van der Waals surface area contributed by atoms with Crippen molar-refractivity contribution in [1.29, 1.82) is 0 Å². The quantitative estimate of drug-likeness (QED) is 0.842. The maximum Gasteiger partial charge on any atom is 0.318 e. The van der Waals surface area contributed by atoms with E-state index in [9.17, 15) is 9.59 Å². The second-order valence-corrected chi connectivity index (χ2v) is 7.72. The lowest BCUT2D eigenvalue weighted by molar-refractivity contribution is -0.117. The number of methoxy groups -OCH3 is 2. The van der Waals surface area contributed by atoms with Gasteiger partial charge in [0, 0.05) is 25.2 Å². The van der Waals surface area contributed by atoms with E-state index < -0.39 is 0 Å².